The highest BCUT2D eigenvalue weighted by Crippen LogP contribution is 2.28. The molecule has 1 unspecified atom stereocenters. The summed E-state index contributed by atoms with van der Waals surface area (Å²) in [5.41, 5.74) is 1.65. The van der Waals surface area contributed by atoms with E-state index in [0.29, 0.717) is 5.58 Å². The molecule has 4 nitrogen and oxygen atoms in total. The molecule has 1 aliphatic heterocycles. The molecule has 0 amide bonds. The third kappa shape index (κ3) is 2.31. The Balaban J connectivity index is 1.64. The van der Waals surface area contributed by atoms with Crippen LogP contribution in [0.15, 0.2) is 33.5 Å². The number of nitrogens with zero attached hydrogens (tertiary/aromatic N) is 1. The summed E-state index contributed by atoms with van der Waals surface area (Å²) in [4.78, 5) is 13.7. The van der Waals surface area contributed by atoms with E-state index in [9.17, 15) is 4.79 Å². The molecule has 2 heterocycles. The van der Waals surface area contributed by atoms with Gasteiger partial charge >= 0.3 is 5.76 Å². The van der Waals surface area contributed by atoms with Gasteiger partial charge in [-0.1, -0.05) is 18.6 Å². The van der Waals surface area contributed by atoms with E-state index in [0.717, 1.165) is 24.1 Å². The van der Waals surface area contributed by atoms with E-state index in [2.05, 4.69) is 0 Å². The largest absolute Gasteiger partial charge is 0.424 e. The summed E-state index contributed by atoms with van der Waals surface area (Å²) in [6, 6.07) is 8.50. The molecular weight excluding hydrogens is 264 g/mol. The molecule has 2 aromatic rings. The van der Waals surface area contributed by atoms with Crippen molar-refractivity contribution in [3.05, 3.63) is 34.8 Å². The molecule has 1 aromatic heterocycles. The second-order valence-corrected chi connectivity index (χ2v) is 6.62. The molecule has 2 fully saturated rings. The highest BCUT2D eigenvalue weighted by molar-refractivity contribution is 5.72. The van der Waals surface area contributed by atoms with Crippen molar-refractivity contribution in [2.45, 2.75) is 51.2 Å². The van der Waals surface area contributed by atoms with Crippen LogP contribution in [0, 0.1) is 5.92 Å². The third-order valence-corrected chi connectivity index (χ3v) is 5.44. The monoisotopic (exact) mass is 287 g/mol. The smallest absolute Gasteiger partial charge is 0.408 e. The number of fused-ring (bicyclic) bond motifs is 2. The van der Waals surface area contributed by atoms with Crippen molar-refractivity contribution >= 4 is 11.1 Å². The Bertz CT molecular complexity index is 685. The lowest BCUT2D eigenvalue weighted by atomic mass is 9.78. The predicted molar refractivity (Wildman–Crippen MR) is 81.3 cm³/mol. The van der Waals surface area contributed by atoms with Crippen molar-refractivity contribution in [2.75, 3.05) is 6.54 Å². The molecule has 112 valence electrons. The van der Waals surface area contributed by atoms with Gasteiger partial charge in [-0.15, -0.1) is 0 Å². The summed E-state index contributed by atoms with van der Waals surface area (Å²) in [7, 11) is 0. The summed E-state index contributed by atoms with van der Waals surface area (Å²) < 4.78 is 7.21. The summed E-state index contributed by atoms with van der Waals surface area (Å²) in [6.45, 7) is 1.95. The van der Waals surface area contributed by atoms with Crippen LogP contribution in [-0.2, 0) is 6.67 Å². The number of aromatic nitrogens is 1. The number of oxazole rings is 1. The first-order valence-corrected chi connectivity index (χ1v) is 8.26. The van der Waals surface area contributed by atoms with E-state index in [1.54, 1.807) is 4.90 Å². The van der Waals surface area contributed by atoms with E-state index in [4.69, 9.17) is 4.42 Å². The molecule has 2 aliphatic rings. The Morgan fingerprint density at radius 3 is 2.90 bits per heavy atom. The number of quaternary nitrogens is 1. The van der Waals surface area contributed by atoms with Gasteiger partial charge in [-0.3, -0.25) is 0 Å². The van der Waals surface area contributed by atoms with Crippen molar-refractivity contribution in [3.8, 4) is 0 Å². The fourth-order valence-electron chi connectivity index (χ4n) is 4.43. The summed E-state index contributed by atoms with van der Waals surface area (Å²) in [6.07, 6.45) is 8.13. The van der Waals surface area contributed by atoms with E-state index in [1.807, 2.05) is 28.8 Å². The van der Waals surface area contributed by atoms with Crippen LogP contribution >= 0.6 is 0 Å². The van der Waals surface area contributed by atoms with E-state index >= 15 is 0 Å². The molecule has 0 spiro atoms. The Labute approximate surface area is 124 Å². The van der Waals surface area contributed by atoms with Gasteiger partial charge < -0.3 is 9.32 Å². The minimum absolute atomic E-state index is 0.207. The van der Waals surface area contributed by atoms with E-state index < -0.39 is 0 Å². The Kier molecular flexibility index (Phi) is 3.34. The molecule has 1 saturated heterocycles. The third-order valence-electron chi connectivity index (χ3n) is 5.44. The number of piperidine rings is 1. The van der Waals surface area contributed by atoms with Crippen LogP contribution in [0.1, 0.15) is 38.5 Å². The maximum atomic E-state index is 12.2. The van der Waals surface area contributed by atoms with Crippen molar-refractivity contribution in [1.29, 1.82) is 0 Å². The average Bonchev–Trinajstić information content (AvgIpc) is 2.84. The molecule has 1 saturated carbocycles. The molecule has 3 atom stereocenters. The summed E-state index contributed by atoms with van der Waals surface area (Å²) in [5.74, 6) is 0.665. The van der Waals surface area contributed by atoms with Gasteiger partial charge in [0.25, 0.3) is 0 Å². The quantitative estimate of drug-likeness (QED) is 0.914. The van der Waals surface area contributed by atoms with Gasteiger partial charge in [0, 0.05) is 5.92 Å². The molecule has 1 N–H and O–H groups in total. The molecule has 4 rings (SSSR count). The van der Waals surface area contributed by atoms with Crippen molar-refractivity contribution in [1.82, 2.24) is 4.57 Å². The van der Waals surface area contributed by atoms with Crippen LogP contribution in [0.5, 0.6) is 0 Å². The lowest BCUT2D eigenvalue weighted by Gasteiger charge is -2.41. The zero-order chi connectivity index (χ0) is 14.2. The van der Waals surface area contributed by atoms with Gasteiger partial charge in [-0.05, 0) is 44.2 Å². The van der Waals surface area contributed by atoms with Gasteiger partial charge in [-0.25, -0.2) is 9.36 Å². The second-order valence-electron chi connectivity index (χ2n) is 6.62. The lowest BCUT2D eigenvalue weighted by molar-refractivity contribution is -0.957. The van der Waals surface area contributed by atoms with Crippen molar-refractivity contribution < 1.29 is 9.32 Å². The van der Waals surface area contributed by atoms with Gasteiger partial charge in [-0.2, -0.15) is 0 Å². The maximum Gasteiger partial charge on any atom is 0.424 e. The highest BCUT2D eigenvalue weighted by atomic mass is 16.4. The van der Waals surface area contributed by atoms with Crippen LogP contribution in [0.25, 0.3) is 11.1 Å². The van der Waals surface area contributed by atoms with Gasteiger partial charge in [0.2, 0.25) is 0 Å². The van der Waals surface area contributed by atoms with E-state index in [-0.39, 0.29) is 5.76 Å². The summed E-state index contributed by atoms with van der Waals surface area (Å²) in [5, 5.41) is 0. The first kappa shape index (κ1) is 13.1. The number of rotatable bonds is 2. The number of nitrogens with one attached hydrogen (secondary N) is 1. The zero-order valence-corrected chi connectivity index (χ0v) is 12.4. The normalized spacial score (nSPS) is 29.4. The number of likely N-dealkylation sites (tertiary alicyclic amines) is 1. The minimum Gasteiger partial charge on any atom is -0.408 e. The second kappa shape index (κ2) is 5.34. The van der Waals surface area contributed by atoms with Gasteiger partial charge in [0.1, 0.15) is 0 Å². The Morgan fingerprint density at radius 1 is 1.14 bits per heavy atom. The molecular formula is C17H23N2O2+. The number of hydrogen-bond donors (Lipinski definition) is 1. The average molecular weight is 287 g/mol. The number of hydrogen-bond acceptors (Lipinski definition) is 2. The first-order chi connectivity index (χ1) is 10.3. The topological polar surface area (TPSA) is 39.6 Å². The summed E-state index contributed by atoms with van der Waals surface area (Å²) >= 11 is 0. The van der Waals surface area contributed by atoms with Crippen molar-refractivity contribution in [3.63, 3.8) is 0 Å². The predicted octanol–water partition coefficient (Wildman–Crippen LogP) is 1.79. The minimum atomic E-state index is -0.207. The van der Waals surface area contributed by atoms with Gasteiger partial charge in [0.05, 0.1) is 18.1 Å². The molecule has 1 aromatic carbocycles. The fraction of sp³-hybridized carbons (Fsp3) is 0.588. The maximum absolute atomic E-state index is 12.2. The number of para-hydroxylation sites is 2. The zero-order valence-electron chi connectivity index (χ0n) is 12.4. The molecule has 0 bridgehead atoms. The SMILES string of the molecule is O=c1oc2ccccc2n1C[NH+]1CCC[C@@H]2CCCC[C@@H]21. The Morgan fingerprint density at radius 2 is 1.95 bits per heavy atom. The molecule has 21 heavy (non-hydrogen) atoms. The van der Waals surface area contributed by atoms with Crippen LogP contribution in [0.4, 0.5) is 0 Å². The van der Waals surface area contributed by atoms with E-state index in [1.165, 1.54) is 45.1 Å². The van der Waals surface area contributed by atoms with Crippen LogP contribution < -0.4 is 10.7 Å². The van der Waals surface area contributed by atoms with Crippen LogP contribution in [0.3, 0.4) is 0 Å². The lowest BCUT2D eigenvalue weighted by Crippen LogP contribution is -3.17. The van der Waals surface area contributed by atoms with Crippen molar-refractivity contribution in [2.24, 2.45) is 5.92 Å². The Hall–Kier alpha value is -1.55. The molecule has 1 aliphatic carbocycles. The number of benzene rings is 1. The molecule has 4 heteroatoms. The fourth-order valence-corrected chi connectivity index (χ4v) is 4.43. The molecule has 0 radical (unpaired) electrons. The first-order valence-electron chi connectivity index (χ1n) is 8.26. The van der Waals surface area contributed by atoms with Crippen LogP contribution in [-0.4, -0.2) is 17.2 Å². The highest BCUT2D eigenvalue weighted by Gasteiger charge is 2.36. The van der Waals surface area contributed by atoms with Gasteiger partial charge in [0.15, 0.2) is 12.3 Å². The standard InChI is InChI=1S/C17H22N2O2/c20-17-19(15-9-3-4-10-16(15)21-17)12-18-11-5-7-13-6-1-2-8-14(13)18/h3-4,9-10,13-14H,1-2,5-8,11-12H2/p+1/t13-,14-/m0/s1. The van der Waals surface area contributed by atoms with Crippen LogP contribution in [0.2, 0.25) is 0 Å².